The summed E-state index contributed by atoms with van der Waals surface area (Å²) >= 11 is 8.29. The Morgan fingerprint density at radius 3 is 2.75 bits per heavy atom. The van der Waals surface area contributed by atoms with Crippen LogP contribution in [0.3, 0.4) is 0 Å². The van der Waals surface area contributed by atoms with Crippen molar-refractivity contribution in [2.45, 2.75) is 51.3 Å². The highest BCUT2D eigenvalue weighted by molar-refractivity contribution is 7.22. The zero-order valence-electron chi connectivity index (χ0n) is 28.9. The van der Waals surface area contributed by atoms with Crippen LogP contribution in [-0.4, -0.2) is 93.2 Å². The summed E-state index contributed by atoms with van der Waals surface area (Å²) in [5.74, 6) is 1.72. The minimum atomic E-state index is -0.299. The number of rotatable bonds is 10. The molecule has 13 heteroatoms. The van der Waals surface area contributed by atoms with E-state index < -0.39 is 0 Å². The van der Waals surface area contributed by atoms with E-state index in [1.54, 1.807) is 23.7 Å². The molecule has 8 rings (SSSR count). The van der Waals surface area contributed by atoms with Crippen LogP contribution in [0.5, 0.6) is 5.75 Å². The van der Waals surface area contributed by atoms with Gasteiger partial charge in [0.2, 0.25) is 5.91 Å². The molecule has 1 atom stereocenters. The van der Waals surface area contributed by atoms with Crippen molar-refractivity contribution in [3.05, 3.63) is 82.6 Å². The number of fused-ring (bicyclic) bond motifs is 5. The van der Waals surface area contributed by atoms with Gasteiger partial charge in [-0.1, -0.05) is 23.7 Å². The van der Waals surface area contributed by atoms with Crippen molar-refractivity contribution in [1.29, 1.82) is 0 Å². The summed E-state index contributed by atoms with van der Waals surface area (Å²) in [6.07, 6.45) is 8.65. The number of benzene rings is 2. The van der Waals surface area contributed by atoms with Gasteiger partial charge in [-0.2, -0.15) is 5.10 Å². The molecule has 0 saturated carbocycles. The Hall–Kier alpha value is -4.10. The Labute approximate surface area is 306 Å². The molecular weight excluding hydrogens is 687 g/mol. The summed E-state index contributed by atoms with van der Waals surface area (Å²) in [7, 11) is 4.24. The molecule has 10 nitrogen and oxygen atoms in total. The number of piperidine rings is 1. The van der Waals surface area contributed by atoms with Crippen molar-refractivity contribution >= 4 is 50.6 Å². The summed E-state index contributed by atoms with van der Waals surface area (Å²) in [5, 5.41) is 9.98. The quantitative estimate of drug-likeness (QED) is 0.171. The molecule has 1 N–H and O–H groups in total. The third-order valence-electron chi connectivity index (χ3n) is 10.5. The summed E-state index contributed by atoms with van der Waals surface area (Å²) in [6, 6.07) is 12.4. The van der Waals surface area contributed by atoms with Gasteiger partial charge in [0.25, 0.3) is 0 Å². The maximum Gasteiger partial charge on any atom is 0.236 e. The summed E-state index contributed by atoms with van der Waals surface area (Å²) in [6.45, 7) is 5.23. The van der Waals surface area contributed by atoms with Crippen LogP contribution in [-0.2, 0) is 30.8 Å². The van der Waals surface area contributed by atoms with Crippen LogP contribution < -0.4 is 10.1 Å². The van der Waals surface area contributed by atoms with Gasteiger partial charge in [-0.05, 0) is 93.6 Å². The van der Waals surface area contributed by atoms with Crippen LogP contribution in [0.15, 0.2) is 55.0 Å². The predicted octanol–water partition coefficient (Wildman–Crippen LogP) is 6.64. The first-order valence-electron chi connectivity index (χ1n) is 17.7. The average molecular weight is 729 g/mol. The molecule has 2 fully saturated rings. The van der Waals surface area contributed by atoms with Crippen LogP contribution in [0, 0.1) is 11.7 Å². The fraction of sp³-hybridized carbons (Fsp3) is 0.421. The molecule has 0 unspecified atom stereocenters. The van der Waals surface area contributed by atoms with Crippen molar-refractivity contribution < 1.29 is 13.9 Å². The average Bonchev–Trinajstić information content (AvgIpc) is 3.85. The third kappa shape index (κ3) is 7.32. The molecule has 0 bridgehead atoms. The Bertz CT molecular complexity index is 2060. The summed E-state index contributed by atoms with van der Waals surface area (Å²) in [4.78, 5) is 31.1. The number of nitrogens with zero attached hydrogens (tertiary/aromatic N) is 7. The number of ether oxygens (including phenoxy) is 1. The highest BCUT2D eigenvalue weighted by Crippen LogP contribution is 2.45. The number of likely N-dealkylation sites (N-methyl/N-ethyl adjacent to an activating group) is 1. The molecule has 5 aromatic rings. The molecule has 1 amide bonds. The smallest absolute Gasteiger partial charge is 0.236 e. The molecular formula is C38H42ClFN8O2S. The second-order valence-electron chi connectivity index (χ2n) is 14.2. The van der Waals surface area contributed by atoms with Crippen LogP contribution in [0.25, 0.3) is 20.7 Å². The van der Waals surface area contributed by atoms with E-state index in [1.807, 2.05) is 24.3 Å². The standard InChI is InChI=1S/C38H42ClFN8O2S/c1-45(2)28-12-13-46(19-28)21-34(49)47-14-10-24(11-15-47)18-48-20-30-32(44-48)8-7-29-35-37(41-23-42-38(35)51-36(29)30)43-27-6-9-33(31(39)17-27)50-22-25-4-3-5-26(40)16-25/h3-6,9,16-17,20,23-24,28H,7-8,10-15,18-19,21-22H2,1-2H3,(H,41,42,43)/t28-/m0/s1. The third-order valence-corrected chi connectivity index (χ3v) is 12.0. The zero-order chi connectivity index (χ0) is 35.1. The fourth-order valence-electron chi connectivity index (χ4n) is 7.63. The van der Waals surface area contributed by atoms with Gasteiger partial charge < -0.3 is 19.9 Å². The van der Waals surface area contributed by atoms with E-state index in [2.05, 4.69) is 55.0 Å². The molecule has 3 aromatic heterocycles. The van der Waals surface area contributed by atoms with Gasteiger partial charge in [0, 0.05) is 61.1 Å². The Morgan fingerprint density at radius 2 is 1.96 bits per heavy atom. The molecule has 5 heterocycles. The summed E-state index contributed by atoms with van der Waals surface area (Å²) < 4.78 is 21.6. The van der Waals surface area contributed by atoms with Crippen LogP contribution >= 0.6 is 22.9 Å². The van der Waals surface area contributed by atoms with E-state index in [-0.39, 0.29) is 18.3 Å². The number of carbonyl (C=O) groups is 1. The van der Waals surface area contributed by atoms with Crippen LogP contribution in [0.4, 0.5) is 15.9 Å². The first-order valence-corrected chi connectivity index (χ1v) is 18.9. The second-order valence-corrected chi connectivity index (χ2v) is 15.6. The Morgan fingerprint density at radius 1 is 1.10 bits per heavy atom. The number of nitrogens with one attached hydrogen (secondary N) is 1. The number of aryl methyl sites for hydroxylation is 2. The number of hydrogen-bond acceptors (Lipinski definition) is 9. The van der Waals surface area contributed by atoms with Gasteiger partial charge in [-0.25, -0.2) is 14.4 Å². The maximum absolute atomic E-state index is 13.6. The number of likely N-dealkylation sites (tertiary alicyclic amines) is 2. The molecule has 51 heavy (non-hydrogen) atoms. The van der Waals surface area contributed by atoms with Crippen LogP contribution in [0.1, 0.15) is 36.1 Å². The number of halogens is 2. The Kier molecular flexibility index (Phi) is 9.67. The van der Waals surface area contributed by atoms with E-state index in [4.69, 9.17) is 21.4 Å². The highest BCUT2D eigenvalue weighted by Gasteiger charge is 2.30. The topological polar surface area (TPSA) is 91.7 Å². The van der Waals surface area contributed by atoms with Gasteiger partial charge in [0.15, 0.2) is 0 Å². The summed E-state index contributed by atoms with van der Waals surface area (Å²) in [5.41, 5.74) is 5.07. The number of amides is 1. The minimum Gasteiger partial charge on any atom is -0.487 e. The van der Waals surface area contributed by atoms with Crippen LogP contribution in [0.2, 0.25) is 5.02 Å². The fourth-order valence-corrected chi connectivity index (χ4v) is 9.09. The van der Waals surface area contributed by atoms with Gasteiger partial charge >= 0.3 is 0 Å². The number of anilines is 2. The zero-order valence-corrected chi connectivity index (χ0v) is 30.5. The number of thiophene rings is 1. The van der Waals surface area contributed by atoms with E-state index >= 15 is 0 Å². The molecule has 266 valence electrons. The van der Waals surface area contributed by atoms with E-state index in [9.17, 15) is 9.18 Å². The second kappa shape index (κ2) is 14.5. The van der Waals surface area contributed by atoms with E-state index in [0.717, 1.165) is 97.8 Å². The molecule has 3 aliphatic rings. The normalized spacial score (nSPS) is 18.0. The largest absolute Gasteiger partial charge is 0.487 e. The lowest BCUT2D eigenvalue weighted by Gasteiger charge is -2.33. The lowest BCUT2D eigenvalue weighted by Crippen LogP contribution is -2.44. The number of hydrogen-bond donors (Lipinski definition) is 1. The molecule has 2 saturated heterocycles. The molecule has 2 aliphatic heterocycles. The van der Waals surface area contributed by atoms with E-state index in [0.29, 0.717) is 29.3 Å². The molecule has 2 aromatic carbocycles. The SMILES string of the molecule is CN(C)[C@H]1CCN(CC(=O)N2CCC(Cn3cc4c(n3)CCc3c-4sc4ncnc(Nc5ccc(OCc6cccc(F)c6)c(Cl)c5)c34)CC2)C1. The van der Waals surface area contributed by atoms with Gasteiger partial charge in [-0.3, -0.25) is 14.4 Å². The van der Waals surface area contributed by atoms with Gasteiger partial charge in [-0.15, -0.1) is 11.3 Å². The van der Waals surface area contributed by atoms with Crippen molar-refractivity contribution in [2.24, 2.45) is 5.92 Å². The monoisotopic (exact) mass is 728 g/mol. The maximum atomic E-state index is 13.6. The molecule has 0 spiro atoms. The predicted molar refractivity (Wildman–Crippen MR) is 199 cm³/mol. The van der Waals surface area contributed by atoms with E-state index in [1.165, 1.54) is 28.1 Å². The van der Waals surface area contributed by atoms with Crippen molar-refractivity contribution in [1.82, 2.24) is 34.4 Å². The first kappa shape index (κ1) is 34.0. The molecule has 0 radical (unpaired) electrons. The Balaban J connectivity index is 0.912. The highest BCUT2D eigenvalue weighted by atomic mass is 35.5. The molecule has 1 aliphatic carbocycles. The number of carbonyl (C=O) groups excluding carboxylic acids is 1. The van der Waals surface area contributed by atoms with Crippen molar-refractivity contribution in [3.63, 3.8) is 0 Å². The first-order chi connectivity index (χ1) is 24.8. The van der Waals surface area contributed by atoms with Gasteiger partial charge in [0.1, 0.15) is 35.1 Å². The van der Waals surface area contributed by atoms with Crippen molar-refractivity contribution in [3.8, 4) is 16.2 Å². The lowest BCUT2D eigenvalue weighted by molar-refractivity contribution is -0.133. The van der Waals surface area contributed by atoms with Crippen molar-refractivity contribution in [2.75, 3.05) is 52.1 Å². The van der Waals surface area contributed by atoms with Gasteiger partial charge in [0.05, 0.1) is 22.6 Å². The minimum absolute atomic E-state index is 0.216. The number of aromatic nitrogens is 4. The lowest BCUT2D eigenvalue weighted by atomic mass is 9.95.